The van der Waals surface area contributed by atoms with Crippen molar-refractivity contribution in [2.75, 3.05) is 0 Å². The van der Waals surface area contributed by atoms with E-state index in [1.54, 1.807) is 19.1 Å². The molecule has 1 aliphatic heterocycles. The largest absolute Gasteiger partial charge is 0.459 e. The lowest BCUT2D eigenvalue weighted by atomic mass is 9.80. The Hall–Kier alpha value is -2.01. The van der Waals surface area contributed by atoms with Gasteiger partial charge in [0.1, 0.15) is 6.10 Å². The van der Waals surface area contributed by atoms with Gasteiger partial charge in [-0.1, -0.05) is 37.6 Å². The lowest BCUT2D eigenvalue weighted by Crippen LogP contribution is -2.45. The second kappa shape index (κ2) is 7.70. The van der Waals surface area contributed by atoms with Crippen LogP contribution in [-0.4, -0.2) is 18.1 Å². The fourth-order valence-electron chi connectivity index (χ4n) is 3.69. The van der Waals surface area contributed by atoms with Gasteiger partial charge in [0.25, 0.3) is 0 Å². The zero-order valence-electron chi connectivity index (χ0n) is 15.3. The van der Waals surface area contributed by atoms with Crippen LogP contribution in [0.1, 0.15) is 51.6 Å². The van der Waals surface area contributed by atoms with E-state index in [-0.39, 0.29) is 18.1 Å². The van der Waals surface area contributed by atoms with Gasteiger partial charge < -0.3 is 15.4 Å². The molecule has 0 unspecified atom stereocenters. The van der Waals surface area contributed by atoms with E-state index in [1.165, 1.54) is 0 Å². The summed E-state index contributed by atoms with van der Waals surface area (Å²) in [6.45, 7) is 6.17. The van der Waals surface area contributed by atoms with Crippen LogP contribution in [-0.2, 0) is 9.53 Å². The highest BCUT2D eigenvalue weighted by Crippen LogP contribution is 2.33. The fourth-order valence-corrected chi connectivity index (χ4v) is 3.82. The van der Waals surface area contributed by atoms with E-state index in [4.69, 9.17) is 16.3 Å². The Bertz CT molecular complexity index is 729. The van der Waals surface area contributed by atoms with Crippen molar-refractivity contribution in [1.82, 2.24) is 10.6 Å². The molecule has 2 N–H and O–H groups in total. The molecular weight excluding hydrogens is 352 g/mol. The monoisotopic (exact) mass is 376 g/mol. The molecule has 1 aromatic carbocycles. The standard InChI is InChI=1S/C20H25ClN2O3/c1-11-4-9-16(10-12(11)2)26-19(24)17-13(3)22-20(25)23-18(17)14-5-7-15(21)8-6-14/h5-8,11-12,16,18H,4,9-10H2,1-3H3,(H2,22,23,25)/t11-,12+,16-,18-/m1/s1. The molecule has 1 aliphatic carbocycles. The van der Waals surface area contributed by atoms with E-state index in [9.17, 15) is 9.59 Å². The predicted molar refractivity (Wildman–Crippen MR) is 101 cm³/mol. The van der Waals surface area contributed by atoms with E-state index in [1.807, 2.05) is 12.1 Å². The second-order valence-corrected chi connectivity index (χ2v) is 7.85. The highest BCUT2D eigenvalue weighted by molar-refractivity contribution is 6.30. The minimum Gasteiger partial charge on any atom is -0.459 e. The zero-order chi connectivity index (χ0) is 18.8. The molecule has 0 radical (unpaired) electrons. The smallest absolute Gasteiger partial charge is 0.338 e. The fraction of sp³-hybridized carbons (Fsp3) is 0.500. The van der Waals surface area contributed by atoms with E-state index in [0.29, 0.717) is 28.1 Å². The maximum absolute atomic E-state index is 12.9. The quantitative estimate of drug-likeness (QED) is 0.771. The van der Waals surface area contributed by atoms with Crippen molar-refractivity contribution in [1.29, 1.82) is 0 Å². The first-order valence-electron chi connectivity index (χ1n) is 9.10. The average Bonchev–Trinajstić information content (AvgIpc) is 2.58. The third-order valence-electron chi connectivity index (χ3n) is 5.52. The van der Waals surface area contributed by atoms with Gasteiger partial charge in [0, 0.05) is 10.7 Å². The van der Waals surface area contributed by atoms with Gasteiger partial charge in [0.05, 0.1) is 11.6 Å². The molecule has 1 aromatic rings. The summed E-state index contributed by atoms with van der Waals surface area (Å²) in [5, 5.41) is 6.09. The van der Waals surface area contributed by atoms with Crippen molar-refractivity contribution < 1.29 is 14.3 Å². The van der Waals surface area contributed by atoms with Gasteiger partial charge >= 0.3 is 12.0 Å². The van der Waals surface area contributed by atoms with Crippen molar-refractivity contribution in [3.63, 3.8) is 0 Å². The number of ether oxygens (including phenoxy) is 1. The molecule has 0 aromatic heterocycles. The zero-order valence-corrected chi connectivity index (χ0v) is 16.1. The van der Waals surface area contributed by atoms with Crippen LogP contribution < -0.4 is 10.6 Å². The number of nitrogens with one attached hydrogen (secondary N) is 2. The number of carbonyl (C=O) groups is 2. The number of halogens is 1. The predicted octanol–water partition coefficient (Wildman–Crippen LogP) is 4.34. The number of esters is 1. The summed E-state index contributed by atoms with van der Waals surface area (Å²) in [4.78, 5) is 24.9. The molecule has 2 aliphatic rings. The van der Waals surface area contributed by atoms with Crippen LogP contribution in [0.5, 0.6) is 0 Å². The van der Waals surface area contributed by atoms with Crippen molar-refractivity contribution in [3.8, 4) is 0 Å². The number of urea groups is 1. The average molecular weight is 377 g/mol. The van der Waals surface area contributed by atoms with Crippen molar-refractivity contribution >= 4 is 23.6 Å². The van der Waals surface area contributed by atoms with Crippen LogP contribution in [0, 0.1) is 11.8 Å². The molecule has 4 atom stereocenters. The number of carbonyl (C=O) groups excluding carboxylic acids is 2. The van der Waals surface area contributed by atoms with Crippen molar-refractivity contribution in [2.24, 2.45) is 11.8 Å². The van der Waals surface area contributed by atoms with E-state index in [2.05, 4.69) is 24.5 Å². The Labute approximate surface area is 159 Å². The Morgan fingerprint density at radius 2 is 1.85 bits per heavy atom. The number of rotatable bonds is 3. The van der Waals surface area contributed by atoms with Gasteiger partial charge in [-0.3, -0.25) is 0 Å². The normalized spacial score (nSPS) is 29.0. The first-order chi connectivity index (χ1) is 12.3. The lowest BCUT2D eigenvalue weighted by Gasteiger charge is -2.33. The summed E-state index contributed by atoms with van der Waals surface area (Å²) >= 11 is 5.96. The first kappa shape index (κ1) is 18.8. The van der Waals surface area contributed by atoms with Crippen LogP contribution in [0.15, 0.2) is 35.5 Å². The summed E-state index contributed by atoms with van der Waals surface area (Å²) in [5.74, 6) is 0.818. The Morgan fingerprint density at radius 3 is 2.50 bits per heavy atom. The van der Waals surface area contributed by atoms with Gasteiger partial charge in [0.15, 0.2) is 0 Å². The Kier molecular flexibility index (Phi) is 5.56. The molecule has 26 heavy (non-hydrogen) atoms. The Balaban J connectivity index is 1.82. The Morgan fingerprint density at radius 1 is 1.15 bits per heavy atom. The van der Waals surface area contributed by atoms with Gasteiger partial charge in [0.2, 0.25) is 0 Å². The molecule has 0 bridgehead atoms. The molecule has 0 saturated heterocycles. The number of benzene rings is 1. The molecule has 140 valence electrons. The van der Waals surface area contributed by atoms with Crippen LogP contribution in [0.4, 0.5) is 4.79 Å². The molecule has 1 fully saturated rings. The van der Waals surface area contributed by atoms with Gasteiger partial charge in [-0.05, 0) is 55.7 Å². The number of amides is 2. The molecular formula is C20H25ClN2O3. The summed E-state index contributed by atoms with van der Waals surface area (Å²) in [5.41, 5.74) is 1.76. The molecule has 1 heterocycles. The highest BCUT2D eigenvalue weighted by atomic mass is 35.5. The molecule has 5 nitrogen and oxygen atoms in total. The van der Waals surface area contributed by atoms with E-state index >= 15 is 0 Å². The van der Waals surface area contributed by atoms with Crippen LogP contribution >= 0.6 is 11.6 Å². The van der Waals surface area contributed by atoms with Crippen molar-refractivity contribution in [2.45, 2.75) is 52.2 Å². The second-order valence-electron chi connectivity index (χ2n) is 7.42. The lowest BCUT2D eigenvalue weighted by molar-refractivity contribution is -0.147. The maximum Gasteiger partial charge on any atom is 0.338 e. The van der Waals surface area contributed by atoms with E-state index in [0.717, 1.165) is 24.8 Å². The van der Waals surface area contributed by atoms with Crippen LogP contribution in [0.25, 0.3) is 0 Å². The number of hydrogen-bond donors (Lipinski definition) is 2. The SMILES string of the molecule is CC1=C(C(=O)O[C@@H]2CC[C@@H](C)[C@@H](C)C2)[C@@H](c2ccc(Cl)cc2)NC(=O)N1. The summed E-state index contributed by atoms with van der Waals surface area (Å²) in [6.07, 6.45) is 2.75. The molecule has 2 amide bonds. The van der Waals surface area contributed by atoms with Crippen LogP contribution in [0.2, 0.25) is 5.02 Å². The molecule has 1 saturated carbocycles. The minimum atomic E-state index is -0.548. The van der Waals surface area contributed by atoms with Gasteiger partial charge in [-0.25, -0.2) is 9.59 Å². The van der Waals surface area contributed by atoms with Crippen molar-refractivity contribution in [3.05, 3.63) is 46.1 Å². The molecule has 0 spiro atoms. The van der Waals surface area contributed by atoms with Gasteiger partial charge in [-0.15, -0.1) is 0 Å². The number of allylic oxidation sites excluding steroid dienone is 1. The summed E-state index contributed by atoms with van der Waals surface area (Å²) < 4.78 is 5.82. The summed E-state index contributed by atoms with van der Waals surface area (Å²) in [7, 11) is 0. The third kappa shape index (κ3) is 4.04. The molecule has 3 rings (SSSR count). The first-order valence-corrected chi connectivity index (χ1v) is 9.47. The highest BCUT2D eigenvalue weighted by Gasteiger charge is 2.34. The minimum absolute atomic E-state index is 0.0718. The molecule has 6 heteroatoms. The van der Waals surface area contributed by atoms with E-state index < -0.39 is 6.04 Å². The summed E-state index contributed by atoms with van der Waals surface area (Å²) in [6, 6.07) is 6.22. The topological polar surface area (TPSA) is 67.4 Å². The van der Waals surface area contributed by atoms with Crippen LogP contribution in [0.3, 0.4) is 0 Å². The maximum atomic E-state index is 12.9. The van der Waals surface area contributed by atoms with Gasteiger partial charge in [-0.2, -0.15) is 0 Å². The number of hydrogen-bond acceptors (Lipinski definition) is 3. The third-order valence-corrected chi connectivity index (χ3v) is 5.77.